The van der Waals surface area contributed by atoms with Crippen LogP contribution in [0.1, 0.15) is 23.2 Å². The number of hydrogen-bond donors (Lipinski definition) is 1. The van der Waals surface area contributed by atoms with E-state index >= 15 is 0 Å². The number of benzene rings is 2. The fourth-order valence-electron chi connectivity index (χ4n) is 3.08. The number of rotatable bonds is 7. The molecule has 0 radical (unpaired) electrons. The van der Waals surface area contributed by atoms with Crippen molar-refractivity contribution in [2.45, 2.75) is 12.8 Å². The van der Waals surface area contributed by atoms with Crippen molar-refractivity contribution in [3.8, 4) is 5.75 Å². The number of non-ortho nitro benzene ring substituents is 1. The molecule has 0 atom stereocenters. The molecule has 2 aromatic rings. The second-order valence-electron chi connectivity index (χ2n) is 6.43. The summed E-state index contributed by atoms with van der Waals surface area (Å²) in [6.45, 7) is -0.0553. The number of carbonyl (C=O) groups excluding carboxylic acids is 3. The Bertz CT molecular complexity index is 1010. The van der Waals surface area contributed by atoms with E-state index in [4.69, 9.17) is 9.47 Å². The molecule has 10 heteroatoms. The van der Waals surface area contributed by atoms with Gasteiger partial charge in [0, 0.05) is 25.1 Å². The average Bonchev–Trinajstić information content (AvgIpc) is 3.17. The Morgan fingerprint density at radius 2 is 2.00 bits per heavy atom. The van der Waals surface area contributed by atoms with E-state index in [9.17, 15) is 24.5 Å². The van der Waals surface area contributed by atoms with Crippen LogP contribution in [0.5, 0.6) is 5.75 Å². The van der Waals surface area contributed by atoms with Crippen molar-refractivity contribution in [1.82, 2.24) is 0 Å². The molecule has 10 nitrogen and oxygen atoms in total. The minimum absolute atomic E-state index is 0.0270. The SMILES string of the molecule is COc1ccc([N+](=O)[O-])cc1C(=O)OCC(=O)Nc1ccccc1N1CCCC1=O. The maximum Gasteiger partial charge on any atom is 0.342 e. The highest BCUT2D eigenvalue weighted by Gasteiger charge is 2.24. The number of anilines is 2. The first-order valence-corrected chi connectivity index (χ1v) is 9.09. The third-order valence-electron chi connectivity index (χ3n) is 4.49. The van der Waals surface area contributed by atoms with Crippen LogP contribution in [0.3, 0.4) is 0 Å². The van der Waals surface area contributed by atoms with Gasteiger partial charge in [-0.25, -0.2) is 4.79 Å². The van der Waals surface area contributed by atoms with Crippen molar-refractivity contribution in [1.29, 1.82) is 0 Å². The van der Waals surface area contributed by atoms with Gasteiger partial charge >= 0.3 is 5.97 Å². The lowest BCUT2D eigenvalue weighted by molar-refractivity contribution is -0.384. The number of esters is 1. The van der Waals surface area contributed by atoms with E-state index in [0.29, 0.717) is 24.3 Å². The van der Waals surface area contributed by atoms with E-state index in [1.165, 1.54) is 19.2 Å². The van der Waals surface area contributed by atoms with Crippen LogP contribution < -0.4 is 15.0 Å². The Balaban J connectivity index is 1.67. The Morgan fingerprint density at radius 3 is 2.67 bits per heavy atom. The number of nitro groups is 1. The zero-order valence-corrected chi connectivity index (χ0v) is 16.1. The number of amides is 2. The minimum atomic E-state index is -0.936. The van der Waals surface area contributed by atoms with Gasteiger partial charge in [-0.2, -0.15) is 0 Å². The fraction of sp³-hybridized carbons (Fsp3) is 0.250. The van der Waals surface area contributed by atoms with Gasteiger partial charge in [0.15, 0.2) is 6.61 Å². The Kier molecular flexibility index (Phi) is 6.26. The first kappa shape index (κ1) is 20.8. The number of carbonyl (C=O) groups is 3. The van der Waals surface area contributed by atoms with Gasteiger partial charge in [0.05, 0.1) is 23.4 Å². The molecule has 1 aliphatic rings. The maximum atomic E-state index is 12.3. The van der Waals surface area contributed by atoms with Crippen LogP contribution in [0.25, 0.3) is 0 Å². The van der Waals surface area contributed by atoms with Crippen LogP contribution >= 0.6 is 0 Å². The molecule has 156 valence electrons. The van der Waals surface area contributed by atoms with Crippen LogP contribution in [0.15, 0.2) is 42.5 Å². The van der Waals surface area contributed by atoms with Gasteiger partial charge in [-0.3, -0.25) is 19.7 Å². The first-order chi connectivity index (χ1) is 14.4. The summed E-state index contributed by atoms with van der Waals surface area (Å²) < 4.78 is 10.0. The number of nitro benzene ring substituents is 1. The lowest BCUT2D eigenvalue weighted by atomic mass is 10.2. The van der Waals surface area contributed by atoms with Gasteiger partial charge in [0.1, 0.15) is 11.3 Å². The third kappa shape index (κ3) is 4.54. The number of methoxy groups -OCH3 is 1. The van der Waals surface area contributed by atoms with E-state index in [-0.39, 0.29) is 22.9 Å². The van der Waals surface area contributed by atoms with Gasteiger partial charge in [0.2, 0.25) is 5.91 Å². The van der Waals surface area contributed by atoms with Crippen molar-refractivity contribution in [3.63, 3.8) is 0 Å². The van der Waals surface area contributed by atoms with Crippen molar-refractivity contribution in [2.75, 3.05) is 30.5 Å². The summed E-state index contributed by atoms with van der Waals surface area (Å²) in [5.41, 5.74) is 0.515. The molecule has 0 unspecified atom stereocenters. The molecule has 1 saturated heterocycles. The second kappa shape index (κ2) is 9.03. The molecule has 30 heavy (non-hydrogen) atoms. The predicted molar refractivity (Wildman–Crippen MR) is 107 cm³/mol. The quantitative estimate of drug-likeness (QED) is 0.420. The molecule has 1 heterocycles. The van der Waals surface area contributed by atoms with E-state index in [0.717, 1.165) is 12.5 Å². The fourth-order valence-corrected chi connectivity index (χ4v) is 3.08. The number of nitrogens with zero attached hydrogens (tertiary/aromatic N) is 2. The Hall–Kier alpha value is -3.95. The molecule has 0 saturated carbocycles. The lowest BCUT2D eigenvalue weighted by Crippen LogP contribution is -2.27. The molecule has 0 aliphatic carbocycles. The van der Waals surface area contributed by atoms with Gasteiger partial charge in [-0.15, -0.1) is 0 Å². The minimum Gasteiger partial charge on any atom is -0.496 e. The summed E-state index contributed by atoms with van der Waals surface area (Å²) in [4.78, 5) is 48.5. The summed E-state index contributed by atoms with van der Waals surface area (Å²) >= 11 is 0. The van der Waals surface area contributed by atoms with Crippen LogP contribution in [0.4, 0.5) is 17.1 Å². The zero-order chi connectivity index (χ0) is 21.7. The number of nitrogens with one attached hydrogen (secondary N) is 1. The molecule has 2 amide bonds. The van der Waals surface area contributed by atoms with Gasteiger partial charge in [-0.05, 0) is 24.6 Å². The molecule has 0 bridgehead atoms. The van der Waals surface area contributed by atoms with E-state index in [1.807, 2.05) is 0 Å². The highest BCUT2D eigenvalue weighted by atomic mass is 16.6. The molecular weight excluding hydrogens is 394 g/mol. The standard InChI is InChI=1S/C20H19N3O7/c1-29-17-9-8-13(23(27)28)11-14(17)20(26)30-12-18(24)21-15-5-2-3-6-16(15)22-10-4-7-19(22)25/h2-3,5-6,8-9,11H,4,7,10,12H2,1H3,(H,21,24). The second-order valence-corrected chi connectivity index (χ2v) is 6.43. The van der Waals surface area contributed by atoms with E-state index in [1.54, 1.807) is 29.2 Å². The normalized spacial score (nSPS) is 13.1. The highest BCUT2D eigenvalue weighted by molar-refractivity contribution is 6.03. The van der Waals surface area contributed by atoms with Gasteiger partial charge in [0.25, 0.3) is 11.6 Å². The van der Waals surface area contributed by atoms with Crippen LogP contribution in [-0.2, 0) is 14.3 Å². The zero-order valence-electron chi connectivity index (χ0n) is 16.1. The highest BCUT2D eigenvalue weighted by Crippen LogP contribution is 2.29. The molecule has 1 N–H and O–H groups in total. The van der Waals surface area contributed by atoms with Crippen LogP contribution in [-0.4, -0.2) is 43.0 Å². The van der Waals surface area contributed by atoms with Crippen LogP contribution in [0.2, 0.25) is 0 Å². The van der Waals surface area contributed by atoms with Crippen molar-refractivity contribution in [3.05, 3.63) is 58.1 Å². The molecule has 0 aromatic heterocycles. The summed E-state index contributed by atoms with van der Waals surface area (Å²) in [7, 11) is 1.31. The van der Waals surface area contributed by atoms with Gasteiger partial charge in [-0.1, -0.05) is 12.1 Å². The Morgan fingerprint density at radius 1 is 1.23 bits per heavy atom. The predicted octanol–water partition coefficient (Wildman–Crippen LogP) is 2.53. The third-order valence-corrected chi connectivity index (χ3v) is 4.49. The average molecular weight is 413 g/mol. The molecule has 2 aromatic carbocycles. The first-order valence-electron chi connectivity index (χ1n) is 9.09. The number of ether oxygens (including phenoxy) is 2. The molecule has 0 spiro atoms. The largest absolute Gasteiger partial charge is 0.496 e. The summed E-state index contributed by atoms with van der Waals surface area (Å²) in [5.74, 6) is -1.50. The topological polar surface area (TPSA) is 128 Å². The smallest absolute Gasteiger partial charge is 0.342 e. The summed E-state index contributed by atoms with van der Waals surface area (Å²) in [6.07, 6.45) is 1.19. The molecular formula is C20H19N3O7. The number of hydrogen-bond acceptors (Lipinski definition) is 7. The summed E-state index contributed by atoms with van der Waals surface area (Å²) in [6, 6.07) is 10.3. The maximum absolute atomic E-state index is 12.3. The monoisotopic (exact) mass is 413 g/mol. The molecule has 1 aliphatic heterocycles. The van der Waals surface area contributed by atoms with Crippen molar-refractivity contribution < 1.29 is 28.8 Å². The Labute approximate surface area is 171 Å². The van der Waals surface area contributed by atoms with Crippen LogP contribution in [0, 0.1) is 10.1 Å². The molecule has 1 fully saturated rings. The van der Waals surface area contributed by atoms with Crippen molar-refractivity contribution >= 4 is 34.8 Å². The van der Waals surface area contributed by atoms with Gasteiger partial charge < -0.3 is 19.7 Å². The van der Waals surface area contributed by atoms with E-state index in [2.05, 4.69) is 5.32 Å². The van der Waals surface area contributed by atoms with E-state index < -0.39 is 23.4 Å². The summed E-state index contributed by atoms with van der Waals surface area (Å²) in [5, 5.41) is 13.6. The van der Waals surface area contributed by atoms with Crippen molar-refractivity contribution in [2.24, 2.45) is 0 Å². The number of para-hydroxylation sites is 2. The lowest BCUT2D eigenvalue weighted by Gasteiger charge is -2.20. The molecule has 3 rings (SSSR count).